The molecule has 0 saturated heterocycles. The summed E-state index contributed by atoms with van der Waals surface area (Å²) in [6.07, 6.45) is 5.09. The summed E-state index contributed by atoms with van der Waals surface area (Å²) in [5.74, 6) is 5.01. The summed E-state index contributed by atoms with van der Waals surface area (Å²) in [5.41, 5.74) is 2.52. The van der Waals surface area contributed by atoms with Crippen LogP contribution in [0.25, 0.3) is 0 Å². The van der Waals surface area contributed by atoms with E-state index in [2.05, 4.69) is 11.8 Å². The number of fused-ring (bicyclic) bond motifs is 1. The molecule has 6 nitrogen and oxygen atoms in total. The van der Waals surface area contributed by atoms with E-state index in [1.807, 2.05) is 30.3 Å². The molecule has 3 unspecified atom stereocenters. The maximum absolute atomic E-state index is 13.1. The number of aliphatic hydroxyl groups excluding tert-OH is 2. The third kappa shape index (κ3) is 7.92. The Labute approximate surface area is 219 Å². The zero-order valence-electron chi connectivity index (χ0n) is 21.6. The molecule has 0 radical (unpaired) electrons. The summed E-state index contributed by atoms with van der Waals surface area (Å²) < 4.78 is 5.29. The molecular weight excluding hydrogens is 468 g/mol. The molecular formula is C31H38O6. The van der Waals surface area contributed by atoms with Crippen molar-refractivity contribution < 1.29 is 29.6 Å². The first-order valence-electron chi connectivity index (χ1n) is 13.2. The van der Waals surface area contributed by atoms with Gasteiger partial charge in [0.1, 0.15) is 0 Å². The van der Waals surface area contributed by atoms with Gasteiger partial charge >= 0.3 is 0 Å². The summed E-state index contributed by atoms with van der Waals surface area (Å²) in [5, 5.41) is 30.0. The highest BCUT2D eigenvalue weighted by molar-refractivity contribution is 6.06. The summed E-state index contributed by atoms with van der Waals surface area (Å²) in [6, 6.07) is 13.1. The lowest BCUT2D eigenvalue weighted by Gasteiger charge is -2.21. The quantitative estimate of drug-likeness (QED) is 0.245. The van der Waals surface area contributed by atoms with Crippen LogP contribution in [0.3, 0.4) is 0 Å². The van der Waals surface area contributed by atoms with E-state index in [0.717, 1.165) is 55.2 Å². The summed E-state index contributed by atoms with van der Waals surface area (Å²) >= 11 is 0. The molecule has 3 rings (SSSR count). The molecule has 198 valence electrons. The average Bonchev–Trinajstić information content (AvgIpc) is 2.92. The van der Waals surface area contributed by atoms with Crippen LogP contribution in [0.4, 0.5) is 0 Å². The Hall–Kier alpha value is -3.14. The van der Waals surface area contributed by atoms with Crippen molar-refractivity contribution in [1.29, 1.82) is 0 Å². The minimum atomic E-state index is -1.65. The third-order valence-corrected chi connectivity index (χ3v) is 7.06. The van der Waals surface area contributed by atoms with Crippen LogP contribution in [0.1, 0.15) is 80.4 Å². The lowest BCUT2D eigenvalue weighted by molar-refractivity contribution is -0.141. The predicted octanol–water partition coefficient (Wildman–Crippen LogP) is 4.71. The number of ether oxygens (including phenoxy) is 1. The Morgan fingerprint density at radius 1 is 0.973 bits per heavy atom. The number of methoxy groups -OCH3 is 1. The van der Waals surface area contributed by atoms with Gasteiger partial charge in [0.15, 0.2) is 29.2 Å². The Kier molecular flexibility index (Phi) is 11.2. The summed E-state index contributed by atoms with van der Waals surface area (Å²) in [7, 11) is 1.47. The van der Waals surface area contributed by atoms with Gasteiger partial charge in [-0.25, -0.2) is 0 Å². The van der Waals surface area contributed by atoms with Crippen molar-refractivity contribution in [2.75, 3.05) is 13.7 Å². The van der Waals surface area contributed by atoms with Crippen LogP contribution in [0, 0.1) is 17.8 Å². The second kappa shape index (κ2) is 14.6. The van der Waals surface area contributed by atoms with Crippen molar-refractivity contribution in [2.24, 2.45) is 5.92 Å². The fourth-order valence-corrected chi connectivity index (χ4v) is 4.88. The number of rotatable bonds is 10. The molecule has 2 aromatic rings. The second-order valence-corrected chi connectivity index (χ2v) is 9.69. The van der Waals surface area contributed by atoms with Gasteiger partial charge in [0.05, 0.1) is 13.0 Å². The smallest absolute Gasteiger partial charge is 0.172 e. The number of carbonyl (C=O) groups is 2. The first-order valence-corrected chi connectivity index (χ1v) is 13.2. The average molecular weight is 507 g/mol. The number of aliphatic hydroxyl groups is 2. The van der Waals surface area contributed by atoms with Crippen LogP contribution >= 0.6 is 0 Å². The number of benzene rings is 2. The van der Waals surface area contributed by atoms with Crippen molar-refractivity contribution in [1.82, 2.24) is 0 Å². The predicted molar refractivity (Wildman–Crippen MR) is 143 cm³/mol. The van der Waals surface area contributed by atoms with Crippen LogP contribution in [0.15, 0.2) is 42.5 Å². The molecule has 3 N–H and O–H groups in total. The van der Waals surface area contributed by atoms with Crippen LogP contribution < -0.4 is 4.74 Å². The first-order chi connectivity index (χ1) is 18.0. The molecule has 0 spiro atoms. The highest BCUT2D eigenvalue weighted by Gasteiger charge is 2.30. The van der Waals surface area contributed by atoms with Crippen molar-refractivity contribution in [3.05, 3.63) is 59.2 Å². The van der Waals surface area contributed by atoms with Crippen LogP contribution in [0.5, 0.6) is 11.5 Å². The fraction of sp³-hybridized carbons (Fsp3) is 0.484. The molecule has 0 aromatic heterocycles. The molecule has 0 aliphatic heterocycles. The van der Waals surface area contributed by atoms with Crippen LogP contribution in [-0.2, 0) is 16.0 Å². The molecule has 0 bridgehead atoms. The number of carbonyl (C=O) groups excluding carboxylic acids is 2. The second-order valence-electron chi connectivity index (χ2n) is 9.69. The number of phenols is 1. The van der Waals surface area contributed by atoms with E-state index in [1.165, 1.54) is 7.11 Å². The molecule has 6 heteroatoms. The Morgan fingerprint density at radius 3 is 2.38 bits per heavy atom. The normalized spacial score (nSPS) is 20.2. The standard InChI is InChI=1S/C31H38O6/c1-37-29-20-24-17-18-27(33)31(36)30(35)23(14-7-4-2-3-5-10-19-32)15-11-16-25(26(24)21-28(29)34)22-12-8-6-9-13-22/h6,8-9,12-13,20-21,23,25,31-32,34,36H,2-5,7,10,14-15,17-19H2,1H3. The highest BCUT2D eigenvalue weighted by atomic mass is 16.5. The molecule has 0 amide bonds. The molecule has 1 aliphatic rings. The zero-order valence-corrected chi connectivity index (χ0v) is 21.6. The van der Waals surface area contributed by atoms with Gasteiger partial charge in [0.2, 0.25) is 0 Å². The summed E-state index contributed by atoms with van der Waals surface area (Å²) in [6.45, 7) is 0.211. The highest BCUT2D eigenvalue weighted by Crippen LogP contribution is 2.36. The van der Waals surface area contributed by atoms with Crippen molar-refractivity contribution in [3.63, 3.8) is 0 Å². The molecule has 1 aliphatic carbocycles. The monoisotopic (exact) mass is 506 g/mol. The zero-order chi connectivity index (χ0) is 26.6. The van der Waals surface area contributed by atoms with E-state index < -0.39 is 23.6 Å². The summed E-state index contributed by atoms with van der Waals surface area (Å²) in [4.78, 5) is 25.9. The maximum Gasteiger partial charge on any atom is 0.172 e. The number of aromatic hydroxyl groups is 1. The van der Waals surface area contributed by atoms with E-state index in [-0.39, 0.29) is 31.1 Å². The third-order valence-electron chi connectivity index (χ3n) is 7.06. The van der Waals surface area contributed by atoms with E-state index in [0.29, 0.717) is 18.6 Å². The van der Waals surface area contributed by atoms with Gasteiger partial charge in [-0.05, 0) is 48.1 Å². The molecule has 2 aromatic carbocycles. The number of hydrogen-bond acceptors (Lipinski definition) is 6. The topological polar surface area (TPSA) is 104 Å². The number of aryl methyl sites for hydroxylation is 1. The molecule has 0 fully saturated rings. The Bertz CT molecular complexity index is 1100. The lowest BCUT2D eigenvalue weighted by Crippen LogP contribution is -2.35. The number of phenolic OH excluding ortho intramolecular Hbond substituents is 1. The first kappa shape index (κ1) is 28.4. The Morgan fingerprint density at radius 2 is 1.68 bits per heavy atom. The largest absolute Gasteiger partial charge is 0.504 e. The van der Waals surface area contributed by atoms with Gasteiger partial charge in [0.25, 0.3) is 0 Å². The van der Waals surface area contributed by atoms with E-state index >= 15 is 0 Å². The molecule has 37 heavy (non-hydrogen) atoms. The lowest BCUT2D eigenvalue weighted by atomic mass is 9.83. The Balaban J connectivity index is 1.91. The van der Waals surface area contributed by atoms with E-state index in [4.69, 9.17) is 9.84 Å². The van der Waals surface area contributed by atoms with E-state index in [9.17, 15) is 19.8 Å². The molecule has 0 heterocycles. The van der Waals surface area contributed by atoms with Gasteiger partial charge in [-0.3, -0.25) is 9.59 Å². The van der Waals surface area contributed by atoms with Gasteiger partial charge in [-0.15, -0.1) is 5.92 Å². The maximum atomic E-state index is 13.1. The SMILES string of the molecule is COc1cc2c(cc1O)C(c1ccccc1)C#CCC(CCCCCCCCO)C(=O)C(O)C(=O)CC2. The van der Waals surface area contributed by atoms with Crippen LogP contribution in [-0.4, -0.2) is 46.7 Å². The van der Waals surface area contributed by atoms with Gasteiger partial charge in [0, 0.05) is 25.4 Å². The van der Waals surface area contributed by atoms with Gasteiger partial charge in [-0.2, -0.15) is 0 Å². The molecule has 3 atom stereocenters. The minimum Gasteiger partial charge on any atom is -0.504 e. The van der Waals surface area contributed by atoms with Gasteiger partial charge in [-0.1, -0.05) is 68.4 Å². The van der Waals surface area contributed by atoms with Crippen molar-refractivity contribution >= 4 is 11.6 Å². The fourth-order valence-electron chi connectivity index (χ4n) is 4.88. The molecule has 0 saturated carbocycles. The van der Waals surface area contributed by atoms with Crippen molar-refractivity contribution in [3.8, 4) is 23.3 Å². The van der Waals surface area contributed by atoms with Crippen LogP contribution in [0.2, 0.25) is 0 Å². The number of Topliss-reactive ketones (excluding diaryl/α,β-unsaturated/α-hetero) is 2. The minimum absolute atomic E-state index is 0.000349. The number of unbranched alkanes of at least 4 members (excludes halogenated alkanes) is 5. The number of hydrogen-bond donors (Lipinski definition) is 3. The number of ketones is 2. The van der Waals surface area contributed by atoms with Crippen molar-refractivity contribution in [2.45, 2.75) is 76.2 Å². The van der Waals surface area contributed by atoms with E-state index in [1.54, 1.807) is 12.1 Å². The van der Waals surface area contributed by atoms with Gasteiger partial charge < -0.3 is 20.1 Å².